The van der Waals surface area contributed by atoms with Gasteiger partial charge in [-0.15, -0.1) is 0 Å². The topological polar surface area (TPSA) is 50.4 Å². The average Bonchev–Trinajstić information content (AvgIpc) is 2.68. The van der Waals surface area contributed by atoms with Crippen LogP contribution in [0.3, 0.4) is 0 Å². The van der Waals surface area contributed by atoms with E-state index in [1.54, 1.807) is 31.2 Å². The molecule has 3 aromatic carbocycles. The summed E-state index contributed by atoms with van der Waals surface area (Å²) in [6, 6.07) is 17.5. The summed E-state index contributed by atoms with van der Waals surface area (Å²) in [5, 5.41) is 5.26. The van der Waals surface area contributed by atoms with Gasteiger partial charge in [0, 0.05) is 5.69 Å². The molecule has 0 saturated heterocycles. The van der Waals surface area contributed by atoms with Gasteiger partial charge in [0.15, 0.2) is 0 Å². The summed E-state index contributed by atoms with van der Waals surface area (Å²) in [4.78, 5) is 12.2. The third-order valence-electron chi connectivity index (χ3n) is 4.10. The third-order valence-corrected chi connectivity index (χ3v) is 4.10. The average molecular weight is 382 g/mol. The molecule has 0 saturated carbocycles. The molecule has 28 heavy (non-hydrogen) atoms. The number of hydrogen-bond donors (Lipinski definition) is 2. The van der Waals surface area contributed by atoms with Crippen molar-refractivity contribution in [1.82, 2.24) is 0 Å². The van der Waals surface area contributed by atoms with Crippen molar-refractivity contribution in [2.45, 2.75) is 19.9 Å². The molecule has 0 aromatic heterocycles. The Morgan fingerprint density at radius 2 is 1.43 bits per heavy atom. The van der Waals surface area contributed by atoms with Crippen molar-refractivity contribution in [2.24, 2.45) is 0 Å². The second-order valence-corrected chi connectivity index (χ2v) is 6.39. The zero-order valence-corrected chi connectivity index (χ0v) is 15.5. The molecular weight excluding hydrogens is 362 g/mol. The molecule has 0 fully saturated rings. The van der Waals surface area contributed by atoms with Gasteiger partial charge in [-0.1, -0.05) is 23.8 Å². The Hall–Kier alpha value is -3.41. The molecule has 0 radical (unpaired) electrons. The first-order chi connectivity index (χ1) is 13.4. The van der Waals surface area contributed by atoms with Crippen LogP contribution in [0.25, 0.3) is 0 Å². The fourth-order valence-electron chi connectivity index (χ4n) is 2.53. The van der Waals surface area contributed by atoms with Gasteiger partial charge in [-0.25, -0.2) is 8.78 Å². The molecule has 0 heterocycles. The van der Waals surface area contributed by atoms with Gasteiger partial charge in [-0.3, -0.25) is 4.79 Å². The molecule has 0 bridgehead atoms. The van der Waals surface area contributed by atoms with Crippen LogP contribution in [0, 0.1) is 18.6 Å². The van der Waals surface area contributed by atoms with E-state index in [9.17, 15) is 13.6 Å². The summed E-state index contributed by atoms with van der Waals surface area (Å²) in [7, 11) is 0. The molecule has 1 unspecified atom stereocenters. The third kappa shape index (κ3) is 4.85. The van der Waals surface area contributed by atoms with E-state index in [4.69, 9.17) is 4.74 Å². The summed E-state index contributed by atoms with van der Waals surface area (Å²) in [6.45, 7) is 3.60. The monoisotopic (exact) mass is 382 g/mol. The summed E-state index contributed by atoms with van der Waals surface area (Å²) < 4.78 is 33.1. The van der Waals surface area contributed by atoms with Crippen molar-refractivity contribution >= 4 is 17.3 Å². The quantitative estimate of drug-likeness (QED) is 0.591. The number of carbonyl (C=O) groups is 1. The van der Waals surface area contributed by atoms with E-state index in [1.807, 2.05) is 31.2 Å². The molecule has 144 valence electrons. The minimum absolute atomic E-state index is 0.456. The molecule has 1 amide bonds. The SMILES string of the molecule is Cc1ccc(Oc2ccc(NC(C)C(=O)Nc3c(F)cccc3F)cc2)cc1. The Labute approximate surface area is 162 Å². The molecule has 3 aromatic rings. The minimum Gasteiger partial charge on any atom is -0.457 e. The van der Waals surface area contributed by atoms with Gasteiger partial charge < -0.3 is 15.4 Å². The predicted molar refractivity (Wildman–Crippen MR) is 106 cm³/mol. The molecule has 4 nitrogen and oxygen atoms in total. The van der Waals surface area contributed by atoms with Gasteiger partial charge in [-0.05, 0) is 62.4 Å². The first-order valence-corrected chi connectivity index (χ1v) is 8.78. The van der Waals surface area contributed by atoms with Crippen LogP contribution in [0.15, 0.2) is 66.7 Å². The Bertz CT molecular complexity index is 937. The maximum Gasteiger partial charge on any atom is 0.246 e. The van der Waals surface area contributed by atoms with Crippen LogP contribution in [0.5, 0.6) is 11.5 Å². The number of rotatable bonds is 6. The summed E-state index contributed by atoms with van der Waals surface area (Å²) >= 11 is 0. The summed E-state index contributed by atoms with van der Waals surface area (Å²) in [6.07, 6.45) is 0. The summed E-state index contributed by atoms with van der Waals surface area (Å²) in [5.41, 5.74) is 1.37. The molecule has 6 heteroatoms. The maximum atomic E-state index is 13.7. The van der Waals surface area contributed by atoms with Crippen LogP contribution >= 0.6 is 0 Å². The lowest BCUT2D eigenvalue weighted by atomic mass is 10.2. The minimum atomic E-state index is -0.821. The Balaban J connectivity index is 1.60. The number of anilines is 2. The Kier molecular flexibility index (Phi) is 5.89. The normalized spacial score (nSPS) is 11.6. The molecule has 1 atom stereocenters. The van der Waals surface area contributed by atoms with Crippen LogP contribution in [-0.4, -0.2) is 11.9 Å². The van der Waals surface area contributed by atoms with E-state index in [0.717, 1.165) is 23.4 Å². The Morgan fingerprint density at radius 1 is 0.893 bits per heavy atom. The highest BCUT2D eigenvalue weighted by atomic mass is 19.1. The number of para-hydroxylation sites is 1. The number of hydrogen-bond acceptors (Lipinski definition) is 3. The van der Waals surface area contributed by atoms with Crippen molar-refractivity contribution in [3.8, 4) is 11.5 Å². The lowest BCUT2D eigenvalue weighted by Crippen LogP contribution is -2.32. The predicted octanol–water partition coefficient (Wildman–Crippen LogP) is 5.50. The molecular formula is C22H20F2N2O2. The zero-order chi connectivity index (χ0) is 20.1. The van der Waals surface area contributed by atoms with Gasteiger partial charge >= 0.3 is 0 Å². The number of benzene rings is 3. The second-order valence-electron chi connectivity index (χ2n) is 6.39. The lowest BCUT2D eigenvalue weighted by molar-refractivity contribution is -0.116. The van der Waals surface area contributed by atoms with Crippen molar-refractivity contribution in [3.63, 3.8) is 0 Å². The standard InChI is InChI=1S/C22H20F2N2O2/c1-14-6-10-17(11-7-14)28-18-12-8-16(9-13-18)25-15(2)22(27)26-21-19(23)4-3-5-20(21)24/h3-13,15,25H,1-2H3,(H,26,27). The van der Waals surface area contributed by atoms with E-state index in [0.29, 0.717) is 11.4 Å². The van der Waals surface area contributed by atoms with Gasteiger partial charge in [0.1, 0.15) is 34.9 Å². The number of halogens is 2. The molecule has 0 aliphatic carbocycles. The van der Waals surface area contributed by atoms with Crippen molar-refractivity contribution in [1.29, 1.82) is 0 Å². The van der Waals surface area contributed by atoms with Crippen molar-refractivity contribution in [3.05, 3.63) is 83.9 Å². The fourth-order valence-corrected chi connectivity index (χ4v) is 2.53. The number of aryl methyl sites for hydroxylation is 1. The van der Waals surface area contributed by atoms with Crippen LogP contribution in [0.1, 0.15) is 12.5 Å². The lowest BCUT2D eigenvalue weighted by Gasteiger charge is -2.16. The second kappa shape index (κ2) is 8.52. The number of ether oxygens (including phenoxy) is 1. The molecule has 2 N–H and O–H groups in total. The number of nitrogens with one attached hydrogen (secondary N) is 2. The largest absolute Gasteiger partial charge is 0.457 e. The van der Waals surface area contributed by atoms with Crippen LogP contribution in [0.2, 0.25) is 0 Å². The smallest absolute Gasteiger partial charge is 0.246 e. The van der Waals surface area contributed by atoms with Crippen LogP contribution < -0.4 is 15.4 Å². The van der Waals surface area contributed by atoms with Crippen molar-refractivity contribution in [2.75, 3.05) is 10.6 Å². The fraction of sp³-hybridized carbons (Fsp3) is 0.136. The number of amides is 1. The van der Waals surface area contributed by atoms with Gasteiger partial charge in [-0.2, -0.15) is 0 Å². The van der Waals surface area contributed by atoms with E-state index in [-0.39, 0.29) is 0 Å². The van der Waals surface area contributed by atoms with E-state index in [1.165, 1.54) is 6.07 Å². The van der Waals surface area contributed by atoms with E-state index in [2.05, 4.69) is 10.6 Å². The number of carbonyl (C=O) groups excluding carboxylic acids is 1. The highest BCUT2D eigenvalue weighted by Crippen LogP contribution is 2.24. The van der Waals surface area contributed by atoms with E-state index < -0.39 is 29.3 Å². The summed E-state index contributed by atoms with van der Waals surface area (Å²) in [5.74, 6) is -0.814. The molecule has 3 rings (SSSR count). The van der Waals surface area contributed by atoms with E-state index >= 15 is 0 Å². The first kappa shape index (κ1) is 19.4. The molecule has 0 spiro atoms. The van der Waals surface area contributed by atoms with Crippen LogP contribution in [-0.2, 0) is 4.79 Å². The van der Waals surface area contributed by atoms with Gasteiger partial charge in [0.05, 0.1) is 0 Å². The van der Waals surface area contributed by atoms with Crippen LogP contribution in [0.4, 0.5) is 20.2 Å². The van der Waals surface area contributed by atoms with Gasteiger partial charge in [0.25, 0.3) is 0 Å². The highest BCUT2D eigenvalue weighted by molar-refractivity contribution is 5.96. The molecule has 0 aliphatic rings. The van der Waals surface area contributed by atoms with Crippen molar-refractivity contribution < 1.29 is 18.3 Å². The van der Waals surface area contributed by atoms with Gasteiger partial charge in [0.2, 0.25) is 5.91 Å². The highest BCUT2D eigenvalue weighted by Gasteiger charge is 2.17. The first-order valence-electron chi connectivity index (χ1n) is 8.78. The molecule has 0 aliphatic heterocycles. The Morgan fingerprint density at radius 3 is 2.00 bits per heavy atom. The zero-order valence-electron chi connectivity index (χ0n) is 15.5. The maximum absolute atomic E-state index is 13.7.